The second kappa shape index (κ2) is 10.6. The lowest BCUT2D eigenvalue weighted by Gasteiger charge is -2.20. The van der Waals surface area contributed by atoms with Crippen molar-refractivity contribution in [3.63, 3.8) is 0 Å². The lowest BCUT2D eigenvalue weighted by atomic mass is 10.2. The minimum absolute atomic E-state index is 0.162. The van der Waals surface area contributed by atoms with Crippen LogP contribution >= 0.6 is 0 Å². The molecule has 0 bridgehead atoms. The number of carbonyl (C=O) groups excluding carboxylic acids is 1. The molecule has 1 aliphatic rings. The molecule has 0 amide bonds. The number of aromatic nitrogens is 1. The summed E-state index contributed by atoms with van der Waals surface area (Å²) in [5.41, 5.74) is 0. The van der Waals surface area contributed by atoms with Gasteiger partial charge < -0.3 is 20.3 Å². The summed E-state index contributed by atoms with van der Waals surface area (Å²) < 4.78 is 18.5. The smallest absolute Gasteiger partial charge is 0.305 e. The van der Waals surface area contributed by atoms with Crippen LogP contribution in [0.1, 0.15) is 32.1 Å². The maximum absolute atomic E-state index is 13.8. The van der Waals surface area contributed by atoms with Crippen molar-refractivity contribution >= 4 is 17.7 Å². The molecule has 144 valence electrons. The minimum atomic E-state index is -0.289. The lowest BCUT2D eigenvalue weighted by Crippen LogP contribution is -2.45. The molecule has 0 aliphatic carbocycles. The molecule has 0 aromatic carbocycles. The van der Waals surface area contributed by atoms with E-state index in [1.165, 1.54) is 13.2 Å². The highest BCUT2D eigenvalue weighted by Crippen LogP contribution is 2.20. The first-order chi connectivity index (χ1) is 12.6. The van der Waals surface area contributed by atoms with Crippen molar-refractivity contribution in [3.8, 4) is 0 Å². The zero-order valence-electron chi connectivity index (χ0n) is 15.5. The van der Waals surface area contributed by atoms with Gasteiger partial charge in [-0.2, -0.15) is 0 Å². The van der Waals surface area contributed by atoms with Gasteiger partial charge in [0.05, 0.1) is 7.11 Å². The predicted molar refractivity (Wildman–Crippen MR) is 99.8 cm³/mol. The lowest BCUT2D eigenvalue weighted by molar-refractivity contribution is -0.140. The number of hydrogen-bond acceptors (Lipinski definition) is 5. The zero-order chi connectivity index (χ0) is 18.8. The molecule has 1 aliphatic heterocycles. The maximum Gasteiger partial charge on any atom is 0.305 e. The molecule has 1 aromatic heterocycles. The van der Waals surface area contributed by atoms with Crippen LogP contribution in [0.4, 0.5) is 10.2 Å². The Hall–Kier alpha value is -2.38. The number of unbranched alkanes of at least 4 members (excludes halogenated alkanes) is 2. The number of nitrogens with zero attached hydrogens (tertiary/aromatic N) is 3. The molecule has 8 heteroatoms. The van der Waals surface area contributed by atoms with E-state index in [0.29, 0.717) is 18.8 Å². The fourth-order valence-electron chi connectivity index (χ4n) is 2.95. The number of methoxy groups -OCH3 is 1. The number of rotatable bonds is 8. The summed E-state index contributed by atoms with van der Waals surface area (Å²) in [6, 6.07) is 3.23. The van der Waals surface area contributed by atoms with E-state index >= 15 is 0 Å². The predicted octanol–water partition coefficient (Wildman–Crippen LogP) is 1.70. The third kappa shape index (κ3) is 6.16. The largest absolute Gasteiger partial charge is 0.469 e. The molecule has 2 rings (SSSR count). The monoisotopic (exact) mass is 365 g/mol. The summed E-state index contributed by atoms with van der Waals surface area (Å²) in [6.45, 7) is 2.23. The first kappa shape index (κ1) is 19.9. The molecule has 7 nitrogen and oxygen atoms in total. The SMILES string of the molecule is CN=C(NCCCCCC(=O)OC)NC1CCN(c2ncccc2F)C1. The Bertz CT molecular complexity index is 611. The van der Waals surface area contributed by atoms with Crippen LogP contribution in [-0.4, -0.2) is 56.7 Å². The van der Waals surface area contributed by atoms with Gasteiger partial charge in [-0.05, 0) is 31.4 Å². The van der Waals surface area contributed by atoms with Crippen LogP contribution < -0.4 is 15.5 Å². The van der Waals surface area contributed by atoms with E-state index in [1.54, 1.807) is 19.3 Å². The van der Waals surface area contributed by atoms with Gasteiger partial charge in [0.15, 0.2) is 17.6 Å². The van der Waals surface area contributed by atoms with Crippen LogP contribution in [0.25, 0.3) is 0 Å². The van der Waals surface area contributed by atoms with Crippen molar-refractivity contribution in [2.24, 2.45) is 4.99 Å². The highest BCUT2D eigenvalue weighted by molar-refractivity contribution is 5.80. The number of anilines is 1. The number of nitrogens with one attached hydrogen (secondary N) is 2. The van der Waals surface area contributed by atoms with Gasteiger partial charge >= 0.3 is 5.97 Å². The summed E-state index contributed by atoms with van der Waals surface area (Å²) in [6.07, 6.45) is 5.71. The molecule has 0 spiro atoms. The van der Waals surface area contributed by atoms with Gasteiger partial charge in [-0.15, -0.1) is 0 Å². The van der Waals surface area contributed by atoms with Gasteiger partial charge in [-0.3, -0.25) is 9.79 Å². The van der Waals surface area contributed by atoms with Crippen LogP contribution in [-0.2, 0) is 9.53 Å². The Balaban J connectivity index is 1.67. The van der Waals surface area contributed by atoms with Gasteiger partial charge in [0, 0.05) is 45.3 Å². The zero-order valence-corrected chi connectivity index (χ0v) is 15.5. The van der Waals surface area contributed by atoms with Crippen LogP contribution in [0.15, 0.2) is 23.3 Å². The summed E-state index contributed by atoms with van der Waals surface area (Å²) >= 11 is 0. The van der Waals surface area contributed by atoms with Crippen molar-refractivity contribution in [2.75, 3.05) is 38.7 Å². The van der Waals surface area contributed by atoms with E-state index in [0.717, 1.165) is 44.7 Å². The number of hydrogen-bond donors (Lipinski definition) is 2. The van der Waals surface area contributed by atoms with Crippen molar-refractivity contribution in [3.05, 3.63) is 24.1 Å². The fourth-order valence-corrected chi connectivity index (χ4v) is 2.95. The van der Waals surface area contributed by atoms with E-state index in [1.807, 2.05) is 4.90 Å². The summed E-state index contributed by atoms with van der Waals surface area (Å²) in [5, 5.41) is 6.65. The Morgan fingerprint density at radius 1 is 1.46 bits per heavy atom. The van der Waals surface area contributed by atoms with Crippen LogP contribution in [0.3, 0.4) is 0 Å². The Morgan fingerprint density at radius 3 is 3.04 bits per heavy atom. The van der Waals surface area contributed by atoms with Crippen molar-refractivity contribution < 1.29 is 13.9 Å². The Labute approximate surface area is 154 Å². The van der Waals surface area contributed by atoms with E-state index in [-0.39, 0.29) is 17.8 Å². The first-order valence-electron chi connectivity index (χ1n) is 9.03. The molecule has 1 fully saturated rings. The Kier molecular flexibility index (Phi) is 8.11. The number of carbonyl (C=O) groups is 1. The quantitative estimate of drug-likeness (QED) is 0.316. The topological polar surface area (TPSA) is 78.8 Å². The summed E-state index contributed by atoms with van der Waals surface area (Å²) in [7, 11) is 3.14. The van der Waals surface area contributed by atoms with Gasteiger partial charge in [-0.1, -0.05) is 6.42 Å². The standard InChI is InChI=1S/C18H28FN5O2/c1-20-18(22-10-5-3-4-8-16(25)26-2)23-14-9-12-24(13-14)17-15(19)7-6-11-21-17/h6-7,11,14H,3-5,8-10,12-13H2,1-2H3,(H2,20,22,23). The summed E-state index contributed by atoms with van der Waals surface area (Å²) in [4.78, 5) is 21.4. The third-order valence-electron chi connectivity index (χ3n) is 4.37. The second-order valence-electron chi connectivity index (χ2n) is 6.27. The van der Waals surface area contributed by atoms with Crippen molar-refractivity contribution in [2.45, 2.75) is 38.1 Å². The number of aliphatic imine (C=N–C) groups is 1. The molecule has 1 saturated heterocycles. The number of halogens is 1. The molecule has 26 heavy (non-hydrogen) atoms. The highest BCUT2D eigenvalue weighted by Gasteiger charge is 2.25. The molecule has 1 unspecified atom stereocenters. The van der Waals surface area contributed by atoms with E-state index in [2.05, 4.69) is 25.3 Å². The van der Waals surface area contributed by atoms with Crippen molar-refractivity contribution in [1.29, 1.82) is 0 Å². The van der Waals surface area contributed by atoms with Crippen LogP contribution in [0.2, 0.25) is 0 Å². The van der Waals surface area contributed by atoms with E-state index in [9.17, 15) is 9.18 Å². The van der Waals surface area contributed by atoms with Crippen LogP contribution in [0.5, 0.6) is 0 Å². The number of pyridine rings is 1. The summed E-state index contributed by atoms with van der Waals surface area (Å²) in [5.74, 6) is 0.699. The Morgan fingerprint density at radius 2 is 2.31 bits per heavy atom. The van der Waals surface area contributed by atoms with Crippen molar-refractivity contribution in [1.82, 2.24) is 15.6 Å². The number of esters is 1. The molecule has 1 aromatic rings. The average molecular weight is 365 g/mol. The van der Waals surface area contributed by atoms with Gasteiger partial charge in [0.1, 0.15) is 0 Å². The third-order valence-corrected chi connectivity index (χ3v) is 4.37. The normalized spacial score (nSPS) is 17.3. The molecule has 1 atom stereocenters. The molecular formula is C18H28FN5O2. The number of ether oxygens (including phenoxy) is 1. The average Bonchev–Trinajstić information content (AvgIpc) is 3.11. The highest BCUT2D eigenvalue weighted by atomic mass is 19.1. The molecule has 2 heterocycles. The fraction of sp³-hybridized carbons (Fsp3) is 0.611. The van der Waals surface area contributed by atoms with E-state index in [4.69, 9.17) is 0 Å². The second-order valence-corrected chi connectivity index (χ2v) is 6.27. The molecule has 0 radical (unpaired) electrons. The van der Waals surface area contributed by atoms with Gasteiger partial charge in [0.25, 0.3) is 0 Å². The van der Waals surface area contributed by atoms with E-state index < -0.39 is 0 Å². The maximum atomic E-state index is 13.8. The minimum Gasteiger partial charge on any atom is -0.469 e. The molecule has 2 N–H and O–H groups in total. The van der Waals surface area contributed by atoms with Gasteiger partial charge in [-0.25, -0.2) is 9.37 Å². The molecular weight excluding hydrogens is 337 g/mol. The first-order valence-corrected chi connectivity index (χ1v) is 9.03. The van der Waals surface area contributed by atoms with Crippen LogP contribution in [0, 0.1) is 5.82 Å². The van der Waals surface area contributed by atoms with Gasteiger partial charge in [0.2, 0.25) is 0 Å². The number of guanidine groups is 1. The molecule has 0 saturated carbocycles.